The normalized spacial score (nSPS) is 22.8. The number of hydrogen-bond donors (Lipinski definition) is 1. The molecule has 0 spiro atoms. The second kappa shape index (κ2) is 10.8. The Morgan fingerprint density at radius 3 is 2.33 bits per heavy atom. The van der Waals surface area contributed by atoms with E-state index in [1.807, 2.05) is 24.3 Å². The van der Waals surface area contributed by atoms with E-state index in [0.29, 0.717) is 11.4 Å². The summed E-state index contributed by atoms with van der Waals surface area (Å²) in [6.07, 6.45) is 3.32. The molecule has 3 rings (SSSR count). The van der Waals surface area contributed by atoms with Crippen LogP contribution < -0.4 is 5.73 Å². The fourth-order valence-electron chi connectivity index (χ4n) is 4.92. The Bertz CT molecular complexity index is 1010. The average molecular weight is 472 g/mol. The van der Waals surface area contributed by atoms with Crippen LogP contribution in [0.5, 0.6) is 0 Å². The fraction of sp³-hybridized carbons (Fsp3) is 0.500. The largest absolute Gasteiger partial charge is 0.369 e. The molecule has 1 heterocycles. The number of hydrogen-bond acceptors (Lipinski definition) is 4. The van der Waals surface area contributed by atoms with Gasteiger partial charge in [-0.2, -0.15) is 0 Å². The molecule has 0 radical (unpaired) electrons. The maximum absolute atomic E-state index is 13.1. The van der Waals surface area contributed by atoms with Gasteiger partial charge in [0.25, 0.3) is 0 Å². The summed E-state index contributed by atoms with van der Waals surface area (Å²) in [6.45, 7) is 6.45. The van der Waals surface area contributed by atoms with Crippen LogP contribution in [0.2, 0.25) is 0 Å². The molecule has 1 saturated heterocycles. The van der Waals surface area contributed by atoms with E-state index < -0.39 is 10.0 Å². The molecule has 1 fully saturated rings. The highest BCUT2D eigenvalue weighted by Gasteiger charge is 2.39. The molecule has 3 unspecified atom stereocenters. The molecular weight excluding hydrogens is 434 g/mol. The van der Waals surface area contributed by atoms with Gasteiger partial charge in [0, 0.05) is 25.0 Å². The molecule has 33 heavy (non-hydrogen) atoms. The van der Waals surface area contributed by atoms with Crippen molar-refractivity contribution < 1.29 is 13.2 Å². The molecular formula is C26H37N3O3S. The second-order valence-electron chi connectivity index (χ2n) is 9.42. The summed E-state index contributed by atoms with van der Waals surface area (Å²) in [5.41, 5.74) is 6.67. The zero-order chi connectivity index (χ0) is 24.1. The van der Waals surface area contributed by atoms with Gasteiger partial charge in [-0.05, 0) is 69.3 Å². The number of amides is 1. The maximum atomic E-state index is 13.1. The highest BCUT2D eigenvalue weighted by atomic mass is 32.2. The van der Waals surface area contributed by atoms with E-state index in [0.717, 1.165) is 44.3 Å². The highest BCUT2D eigenvalue weighted by molar-refractivity contribution is 7.89. The molecule has 7 heteroatoms. The summed E-state index contributed by atoms with van der Waals surface area (Å²) in [4.78, 5) is 14.6. The van der Waals surface area contributed by atoms with Crippen LogP contribution in [0.15, 0.2) is 65.6 Å². The summed E-state index contributed by atoms with van der Waals surface area (Å²) < 4.78 is 27.7. The molecule has 1 aliphatic rings. The number of primary amides is 1. The Hall–Kier alpha value is -2.22. The molecule has 0 bridgehead atoms. The van der Waals surface area contributed by atoms with E-state index in [9.17, 15) is 13.2 Å². The van der Waals surface area contributed by atoms with Gasteiger partial charge in [0.1, 0.15) is 0 Å². The third-order valence-corrected chi connectivity index (χ3v) is 9.15. The number of carbonyl (C=O) groups excluding carboxylic acids is 1. The zero-order valence-corrected chi connectivity index (χ0v) is 20.8. The average Bonchev–Trinajstić information content (AvgIpc) is 2.83. The van der Waals surface area contributed by atoms with Crippen molar-refractivity contribution in [1.29, 1.82) is 0 Å². The van der Waals surface area contributed by atoms with Crippen LogP contribution in [0.1, 0.15) is 51.0 Å². The van der Waals surface area contributed by atoms with Gasteiger partial charge in [0.05, 0.1) is 4.90 Å². The van der Waals surface area contributed by atoms with Crippen molar-refractivity contribution in [1.82, 2.24) is 9.21 Å². The molecule has 2 aromatic carbocycles. The Morgan fingerprint density at radius 2 is 1.76 bits per heavy atom. The lowest BCUT2D eigenvalue weighted by Crippen LogP contribution is -2.54. The predicted molar refractivity (Wildman–Crippen MR) is 132 cm³/mol. The van der Waals surface area contributed by atoms with Crippen LogP contribution in [-0.4, -0.2) is 55.8 Å². The molecule has 2 aromatic rings. The van der Waals surface area contributed by atoms with Crippen LogP contribution in [0.4, 0.5) is 0 Å². The maximum Gasteiger partial charge on any atom is 0.242 e. The van der Waals surface area contributed by atoms with Gasteiger partial charge in [-0.3, -0.25) is 9.69 Å². The zero-order valence-electron chi connectivity index (χ0n) is 20.0. The lowest BCUT2D eigenvalue weighted by molar-refractivity contribution is -0.125. The van der Waals surface area contributed by atoms with Gasteiger partial charge in [-0.15, -0.1) is 0 Å². The van der Waals surface area contributed by atoms with Crippen LogP contribution in [0.25, 0.3) is 0 Å². The van der Waals surface area contributed by atoms with Crippen molar-refractivity contribution >= 4 is 15.9 Å². The molecule has 0 saturated carbocycles. The summed E-state index contributed by atoms with van der Waals surface area (Å²) in [5.74, 6) is -0.216. The molecule has 180 valence electrons. The molecule has 1 amide bonds. The number of likely N-dealkylation sites (N-methyl/N-ethyl adjacent to an activating group) is 1. The number of benzene rings is 2. The van der Waals surface area contributed by atoms with Crippen LogP contribution in [-0.2, 0) is 14.8 Å². The molecule has 2 N–H and O–H groups in total. The van der Waals surface area contributed by atoms with Crippen molar-refractivity contribution in [3.63, 3.8) is 0 Å². The Balaban J connectivity index is 1.76. The van der Waals surface area contributed by atoms with E-state index in [1.54, 1.807) is 31.3 Å². The summed E-state index contributed by atoms with van der Waals surface area (Å²) >= 11 is 0. The number of piperidine rings is 1. The number of carbonyl (C=O) groups is 1. The number of nitrogens with zero attached hydrogens (tertiary/aromatic N) is 2. The van der Waals surface area contributed by atoms with Gasteiger partial charge < -0.3 is 5.73 Å². The highest BCUT2D eigenvalue weighted by Crippen LogP contribution is 2.35. The van der Waals surface area contributed by atoms with Crippen molar-refractivity contribution in [2.45, 2.75) is 55.9 Å². The number of likely N-dealkylation sites (tertiary alicyclic amines) is 1. The van der Waals surface area contributed by atoms with Crippen molar-refractivity contribution in [2.75, 3.05) is 26.7 Å². The smallest absolute Gasteiger partial charge is 0.242 e. The van der Waals surface area contributed by atoms with Crippen molar-refractivity contribution in [3.8, 4) is 0 Å². The minimum absolute atomic E-state index is 0.0599. The Labute approximate surface area is 198 Å². The van der Waals surface area contributed by atoms with Crippen LogP contribution in [0, 0.1) is 5.92 Å². The van der Waals surface area contributed by atoms with Crippen LogP contribution >= 0.6 is 0 Å². The van der Waals surface area contributed by atoms with Gasteiger partial charge >= 0.3 is 0 Å². The topological polar surface area (TPSA) is 83.7 Å². The monoisotopic (exact) mass is 471 g/mol. The Kier molecular flexibility index (Phi) is 8.32. The van der Waals surface area contributed by atoms with Crippen molar-refractivity contribution in [3.05, 3.63) is 66.2 Å². The second-order valence-corrected chi connectivity index (χ2v) is 11.5. The van der Waals surface area contributed by atoms with Gasteiger partial charge in [-0.1, -0.05) is 55.5 Å². The lowest BCUT2D eigenvalue weighted by atomic mass is 9.79. The third-order valence-electron chi connectivity index (χ3n) is 7.31. The first-order valence-corrected chi connectivity index (χ1v) is 13.2. The summed E-state index contributed by atoms with van der Waals surface area (Å²) in [6, 6.07) is 18.7. The van der Waals surface area contributed by atoms with Gasteiger partial charge in [0.2, 0.25) is 15.9 Å². The number of rotatable bonds is 10. The van der Waals surface area contributed by atoms with Crippen LogP contribution in [0.3, 0.4) is 0 Å². The quantitative estimate of drug-likeness (QED) is 0.571. The minimum Gasteiger partial charge on any atom is -0.369 e. The predicted octanol–water partition coefficient (Wildman–Crippen LogP) is 3.85. The fourth-order valence-corrected chi connectivity index (χ4v) is 6.15. The van der Waals surface area contributed by atoms with E-state index in [1.165, 1.54) is 4.31 Å². The third kappa shape index (κ3) is 6.02. The minimum atomic E-state index is -3.56. The SMILES string of the molecule is CCC1(C)CC(C(N)=O)CCN1CCC(CN(C)S(=O)(=O)c1ccccc1)c1ccccc1. The first kappa shape index (κ1) is 25.4. The summed E-state index contributed by atoms with van der Waals surface area (Å²) in [7, 11) is -1.90. The first-order chi connectivity index (χ1) is 15.7. The molecule has 1 aliphatic heterocycles. The number of sulfonamides is 1. The van der Waals surface area contributed by atoms with E-state index in [-0.39, 0.29) is 23.3 Å². The molecule has 0 aromatic heterocycles. The van der Waals surface area contributed by atoms with Crippen molar-refractivity contribution in [2.24, 2.45) is 11.7 Å². The lowest BCUT2D eigenvalue weighted by Gasteiger charge is -2.47. The summed E-state index contributed by atoms with van der Waals surface area (Å²) in [5, 5.41) is 0. The van der Waals surface area contributed by atoms with E-state index in [4.69, 9.17) is 5.73 Å². The standard InChI is InChI=1S/C26H37N3O3S/c1-4-26(2)19-22(25(27)30)15-17-29(26)18-16-23(21-11-7-5-8-12-21)20-28(3)33(31,32)24-13-9-6-10-14-24/h5-14,22-23H,4,15-20H2,1-3H3,(H2,27,30). The molecule has 3 atom stereocenters. The van der Waals surface area contributed by atoms with Gasteiger partial charge in [-0.25, -0.2) is 12.7 Å². The van der Waals surface area contributed by atoms with E-state index >= 15 is 0 Å². The Morgan fingerprint density at radius 1 is 1.15 bits per heavy atom. The number of nitrogens with two attached hydrogens (primary N) is 1. The van der Waals surface area contributed by atoms with E-state index in [2.05, 4.69) is 30.9 Å². The first-order valence-electron chi connectivity index (χ1n) is 11.8. The van der Waals surface area contributed by atoms with Gasteiger partial charge in [0.15, 0.2) is 0 Å². The molecule has 0 aliphatic carbocycles. The molecule has 6 nitrogen and oxygen atoms in total.